The molecular formula is C9H18O2S. The zero-order chi connectivity index (χ0) is 9.19. The van der Waals surface area contributed by atoms with Gasteiger partial charge in [-0.05, 0) is 18.3 Å². The average molecular weight is 190 g/mol. The summed E-state index contributed by atoms with van der Waals surface area (Å²) in [4.78, 5) is 0. The zero-order valence-electron chi connectivity index (χ0n) is 7.91. The zero-order valence-corrected chi connectivity index (χ0v) is 8.73. The smallest absolute Gasteiger partial charge is 0.150 e. The Labute approximate surface area is 75.3 Å². The van der Waals surface area contributed by atoms with Gasteiger partial charge in [-0.15, -0.1) is 0 Å². The molecule has 0 saturated carbocycles. The molecule has 3 heteroatoms. The Kier molecular flexibility index (Phi) is 3.16. The van der Waals surface area contributed by atoms with Gasteiger partial charge in [0.1, 0.15) is 0 Å². The first-order chi connectivity index (χ1) is 5.55. The van der Waals surface area contributed by atoms with E-state index in [0.717, 1.165) is 6.42 Å². The molecule has 0 radical (unpaired) electrons. The van der Waals surface area contributed by atoms with Crippen LogP contribution in [-0.2, 0) is 9.84 Å². The van der Waals surface area contributed by atoms with Crippen molar-refractivity contribution >= 4 is 9.84 Å². The van der Waals surface area contributed by atoms with E-state index in [1.54, 1.807) is 0 Å². The van der Waals surface area contributed by atoms with Crippen LogP contribution in [0.15, 0.2) is 0 Å². The number of hydrogen-bond donors (Lipinski definition) is 0. The van der Waals surface area contributed by atoms with Crippen molar-refractivity contribution in [2.45, 2.75) is 33.1 Å². The molecule has 0 bridgehead atoms. The number of rotatable bonds is 3. The topological polar surface area (TPSA) is 34.1 Å². The fraction of sp³-hybridized carbons (Fsp3) is 1.00. The highest BCUT2D eigenvalue weighted by Crippen LogP contribution is 2.28. The van der Waals surface area contributed by atoms with Gasteiger partial charge in [0, 0.05) is 0 Å². The van der Waals surface area contributed by atoms with E-state index in [4.69, 9.17) is 0 Å². The third-order valence-electron chi connectivity index (χ3n) is 2.72. The Morgan fingerprint density at radius 1 is 1.33 bits per heavy atom. The molecule has 1 aliphatic rings. The van der Waals surface area contributed by atoms with E-state index in [0.29, 0.717) is 23.3 Å². The molecule has 72 valence electrons. The Balaban J connectivity index is 2.47. The minimum atomic E-state index is -2.68. The maximum absolute atomic E-state index is 11.2. The summed E-state index contributed by atoms with van der Waals surface area (Å²) in [5, 5.41) is 0. The molecule has 2 atom stereocenters. The van der Waals surface area contributed by atoms with Gasteiger partial charge >= 0.3 is 0 Å². The van der Waals surface area contributed by atoms with Gasteiger partial charge in [0.15, 0.2) is 9.84 Å². The van der Waals surface area contributed by atoms with Gasteiger partial charge in [0.2, 0.25) is 0 Å². The Hall–Kier alpha value is -0.0500. The molecule has 12 heavy (non-hydrogen) atoms. The first-order valence-electron chi connectivity index (χ1n) is 4.75. The fourth-order valence-corrected chi connectivity index (χ4v) is 4.29. The summed E-state index contributed by atoms with van der Waals surface area (Å²) in [6, 6.07) is 0. The first-order valence-corrected chi connectivity index (χ1v) is 6.57. The summed E-state index contributed by atoms with van der Waals surface area (Å²) < 4.78 is 22.4. The van der Waals surface area contributed by atoms with Gasteiger partial charge in [-0.3, -0.25) is 0 Å². The van der Waals surface area contributed by atoms with Gasteiger partial charge in [0.25, 0.3) is 0 Å². The monoisotopic (exact) mass is 190 g/mol. The molecule has 0 aliphatic carbocycles. The number of unbranched alkanes of at least 4 members (excludes halogenated alkanes) is 1. The Bertz CT molecular complexity index is 231. The highest BCUT2D eigenvalue weighted by Gasteiger charge is 2.33. The lowest BCUT2D eigenvalue weighted by molar-refractivity contribution is 0.409. The molecule has 0 N–H and O–H groups in total. The Morgan fingerprint density at radius 2 is 2.00 bits per heavy atom. The summed E-state index contributed by atoms with van der Waals surface area (Å²) in [6.07, 6.45) is 3.44. The van der Waals surface area contributed by atoms with E-state index in [9.17, 15) is 8.42 Å². The van der Waals surface area contributed by atoms with Crippen molar-refractivity contribution in [3.63, 3.8) is 0 Å². The quantitative estimate of drug-likeness (QED) is 0.680. The van der Waals surface area contributed by atoms with Crippen LogP contribution in [0.2, 0.25) is 0 Å². The highest BCUT2D eigenvalue weighted by molar-refractivity contribution is 7.91. The summed E-state index contributed by atoms with van der Waals surface area (Å²) in [7, 11) is -2.68. The predicted molar refractivity (Wildman–Crippen MR) is 50.8 cm³/mol. The van der Waals surface area contributed by atoms with E-state index in [-0.39, 0.29) is 0 Å². The summed E-state index contributed by atoms with van der Waals surface area (Å²) in [5.41, 5.74) is 0. The minimum absolute atomic E-state index is 0.390. The first kappa shape index (κ1) is 10.0. The van der Waals surface area contributed by atoms with Crippen LogP contribution >= 0.6 is 0 Å². The van der Waals surface area contributed by atoms with Gasteiger partial charge in [0.05, 0.1) is 11.5 Å². The molecule has 1 rings (SSSR count). The average Bonchev–Trinajstić information content (AvgIpc) is 2.20. The van der Waals surface area contributed by atoms with Crippen molar-refractivity contribution in [3.8, 4) is 0 Å². The van der Waals surface area contributed by atoms with Crippen LogP contribution in [-0.4, -0.2) is 19.9 Å². The lowest BCUT2D eigenvalue weighted by Gasteiger charge is -2.11. The second kappa shape index (κ2) is 3.77. The SMILES string of the molecule is CCCCC1CS(=O)(=O)CC1C. The molecule has 1 fully saturated rings. The van der Waals surface area contributed by atoms with E-state index >= 15 is 0 Å². The van der Waals surface area contributed by atoms with Crippen molar-refractivity contribution in [1.29, 1.82) is 0 Å². The predicted octanol–water partition coefficient (Wildman–Crippen LogP) is 1.86. The summed E-state index contributed by atoms with van der Waals surface area (Å²) >= 11 is 0. The second-order valence-corrected chi connectivity index (χ2v) is 6.11. The fourth-order valence-electron chi connectivity index (χ4n) is 1.93. The van der Waals surface area contributed by atoms with Crippen molar-refractivity contribution in [1.82, 2.24) is 0 Å². The molecule has 1 aliphatic heterocycles. The summed E-state index contributed by atoms with van der Waals surface area (Å²) in [6.45, 7) is 4.21. The molecule has 0 amide bonds. The molecule has 0 aromatic heterocycles. The van der Waals surface area contributed by atoms with Crippen molar-refractivity contribution in [2.75, 3.05) is 11.5 Å². The van der Waals surface area contributed by atoms with Crippen LogP contribution in [0.5, 0.6) is 0 Å². The molecule has 0 spiro atoms. The van der Waals surface area contributed by atoms with Gasteiger partial charge in [-0.1, -0.05) is 26.7 Å². The van der Waals surface area contributed by atoms with E-state index in [2.05, 4.69) is 13.8 Å². The van der Waals surface area contributed by atoms with Crippen molar-refractivity contribution in [3.05, 3.63) is 0 Å². The lowest BCUT2D eigenvalue weighted by atomic mass is 9.93. The number of sulfone groups is 1. The molecule has 0 aromatic carbocycles. The van der Waals surface area contributed by atoms with Crippen LogP contribution in [0.1, 0.15) is 33.1 Å². The van der Waals surface area contributed by atoms with E-state index < -0.39 is 9.84 Å². The van der Waals surface area contributed by atoms with Crippen molar-refractivity contribution < 1.29 is 8.42 Å². The molecule has 0 aromatic rings. The maximum Gasteiger partial charge on any atom is 0.150 e. The molecule has 2 nitrogen and oxygen atoms in total. The summed E-state index contributed by atoms with van der Waals surface area (Å²) in [5.74, 6) is 1.69. The van der Waals surface area contributed by atoms with Crippen LogP contribution in [0, 0.1) is 11.8 Å². The molecular weight excluding hydrogens is 172 g/mol. The van der Waals surface area contributed by atoms with Crippen molar-refractivity contribution in [2.24, 2.45) is 11.8 Å². The largest absolute Gasteiger partial charge is 0.229 e. The third kappa shape index (κ3) is 2.47. The van der Waals surface area contributed by atoms with Gasteiger partial charge < -0.3 is 0 Å². The highest BCUT2D eigenvalue weighted by atomic mass is 32.2. The third-order valence-corrected chi connectivity index (χ3v) is 4.69. The van der Waals surface area contributed by atoms with Crippen LogP contribution in [0.4, 0.5) is 0 Å². The standard InChI is InChI=1S/C9H18O2S/c1-3-4-5-9-7-12(10,11)6-8(9)2/h8-9H,3-7H2,1-2H3. The molecule has 1 heterocycles. The minimum Gasteiger partial charge on any atom is -0.229 e. The number of hydrogen-bond acceptors (Lipinski definition) is 2. The van der Waals surface area contributed by atoms with E-state index in [1.165, 1.54) is 12.8 Å². The Morgan fingerprint density at radius 3 is 2.42 bits per heavy atom. The molecule has 1 saturated heterocycles. The normalized spacial score (nSPS) is 33.8. The lowest BCUT2D eigenvalue weighted by Crippen LogP contribution is -2.08. The van der Waals surface area contributed by atoms with Crippen LogP contribution in [0.25, 0.3) is 0 Å². The van der Waals surface area contributed by atoms with Gasteiger partial charge in [-0.2, -0.15) is 0 Å². The maximum atomic E-state index is 11.2. The van der Waals surface area contributed by atoms with Gasteiger partial charge in [-0.25, -0.2) is 8.42 Å². The van der Waals surface area contributed by atoms with E-state index in [1.807, 2.05) is 0 Å². The molecule has 2 unspecified atom stereocenters. The van der Waals surface area contributed by atoms with Crippen LogP contribution in [0.3, 0.4) is 0 Å². The van der Waals surface area contributed by atoms with Crippen LogP contribution < -0.4 is 0 Å². The second-order valence-electron chi connectivity index (χ2n) is 3.96.